The molecule has 38 heavy (non-hydrogen) atoms. The third kappa shape index (κ3) is 3.79. The summed E-state index contributed by atoms with van der Waals surface area (Å²) in [5, 5.41) is 14.5. The Hall–Kier alpha value is -4.33. The van der Waals surface area contributed by atoms with Crippen molar-refractivity contribution in [3.05, 3.63) is 94.6 Å². The molecule has 0 N–H and O–H groups in total. The summed E-state index contributed by atoms with van der Waals surface area (Å²) >= 11 is 0. The first-order chi connectivity index (χ1) is 18.7. The number of para-hydroxylation sites is 1. The van der Waals surface area contributed by atoms with Crippen LogP contribution in [0.3, 0.4) is 0 Å². The molecule has 0 saturated heterocycles. The average molecular weight is 504 g/mol. The summed E-state index contributed by atoms with van der Waals surface area (Å²) in [4.78, 5) is 21.2. The quantitative estimate of drug-likeness (QED) is 0.364. The van der Waals surface area contributed by atoms with Crippen LogP contribution < -0.4 is 0 Å². The van der Waals surface area contributed by atoms with E-state index in [9.17, 15) is 4.79 Å². The van der Waals surface area contributed by atoms with Crippen molar-refractivity contribution in [3.63, 3.8) is 0 Å². The van der Waals surface area contributed by atoms with Crippen LogP contribution in [0.5, 0.6) is 0 Å². The van der Waals surface area contributed by atoms with Crippen LogP contribution >= 0.6 is 0 Å². The van der Waals surface area contributed by atoms with E-state index in [-0.39, 0.29) is 5.91 Å². The van der Waals surface area contributed by atoms with Gasteiger partial charge in [-0.2, -0.15) is 5.10 Å². The summed E-state index contributed by atoms with van der Waals surface area (Å²) in [6, 6.07) is 18.3. The van der Waals surface area contributed by atoms with Gasteiger partial charge in [0.05, 0.1) is 24.2 Å². The zero-order valence-electron chi connectivity index (χ0n) is 21.5. The van der Waals surface area contributed by atoms with Crippen molar-refractivity contribution in [1.82, 2.24) is 34.4 Å². The monoisotopic (exact) mass is 503 g/mol. The number of nitrogens with zero attached hydrogens (tertiary/aromatic N) is 7. The minimum atomic E-state index is 0.0907. The van der Waals surface area contributed by atoms with Crippen LogP contribution in [0.15, 0.2) is 60.9 Å². The highest BCUT2D eigenvalue weighted by Crippen LogP contribution is 2.33. The number of hydrogen-bond acceptors (Lipinski definition) is 5. The molecule has 0 fully saturated rings. The maximum absolute atomic E-state index is 14.2. The number of fused-ring (bicyclic) bond motifs is 3. The number of carbonyl (C=O) groups is 1. The fourth-order valence-electron chi connectivity index (χ4n) is 6.05. The lowest BCUT2D eigenvalue weighted by molar-refractivity contribution is 0.0734. The van der Waals surface area contributed by atoms with Gasteiger partial charge in [0.2, 0.25) is 0 Å². The Morgan fingerprint density at radius 2 is 1.76 bits per heavy atom. The van der Waals surface area contributed by atoms with Gasteiger partial charge >= 0.3 is 0 Å². The number of rotatable bonds is 4. The van der Waals surface area contributed by atoms with Gasteiger partial charge in [0.1, 0.15) is 12.0 Å². The molecule has 4 heterocycles. The number of benzene rings is 2. The average Bonchev–Trinajstić information content (AvgIpc) is 3.55. The van der Waals surface area contributed by atoms with Crippen LogP contribution in [0.2, 0.25) is 0 Å². The normalized spacial score (nSPS) is 14.9. The SMILES string of the molecule is Cn1nc(-c2nncn2Cc2ccccc2)c2c1CCN(C(=O)c1c3c(nc4ccccc14)CCCC3)C2. The van der Waals surface area contributed by atoms with E-state index in [0.717, 1.165) is 82.6 Å². The summed E-state index contributed by atoms with van der Waals surface area (Å²) in [5.41, 5.74) is 8.16. The first-order valence-corrected chi connectivity index (χ1v) is 13.3. The number of aromatic nitrogens is 6. The van der Waals surface area contributed by atoms with Crippen molar-refractivity contribution < 1.29 is 4.79 Å². The minimum absolute atomic E-state index is 0.0907. The highest BCUT2D eigenvalue weighted by molar-refractivity contribution is 6.07. The van der Waals surface area contributed by atoms with Crippen molar-refractivity contribution in [2.24, 2.45) is 7.05 Å². The van der Waals surface area contributed by atoms with Crippen LogP contribution in [0.1, 0.15) is 51.3 Å². The van der Waals surface area contributed by atoms with Crippen LogP contribution in [-0.4, -0.2) is 46.9 Å². The molecule has 8 heteroatoms. The molecule has 8 nitrogen and oxygen atoms in total. The van der Waals surface area contributed by atoms with E-state index in [4.69, 9.17) is 10.1 Å². The van der Waals surface area contributed by atoms with E-state index in [1.165, 1.54) is 5.56 Å². The number of carbonyl (C=O) groups excluding carboxylic acids is 1. The summed E-state index contributed by atoms with van der Waals surface area (Å²) < 4.78 is 3.98. The number of pyridine rings is 1. The van der Waals surface area contributed by atoms with Crippen molar-refractivity contribution in [2.45, 2.75) is 45.2 Å². The van der Waals surface area contributed by atoms with Gasteiger partial charge in [-0.3, -0.25) is 14.5 Å². The molecule has 2 aromatic carbocycles. The third-order valence-corrected chi connectivity index (χ3v) is 7.94. The zero-order chi connectivity index (χ0) is 25.6. The lowest BCUT2D eigenvalue weighted by Gasteiger charge is -2.30. The Labute approximate surface area is 220 Å². The molecule has 0 atom stereocenters. The van der Waals surface area contributed by atoms with Gasteiger partial charge in [-0.05, 0) is 42.9 Å². The van der Waals surface area contributed by atoms with Crippen molar-refractivity contribution >= 4 is 16.8 Å². The molecular formula is C30H29N7O. The lowest BCUT2D eigenvalue weighted by Crippen LogP contribution is -2.37. The van der Waals surface area contributed by atoms with E-state index in [1.54, 1.807) is 6.33 Å². The van der Waals surface area contributed by atoms with Gasteiger partial charge < -0.3 is 9.47 Å². The number of amides is 1. The van der Waals surface area contributed by atoms with Gasteiger partial charge in [-0.15, -0.1) is 10.2 Å². The fourth-order valence-corrected chi connectivity index (χ4v) is 6.05. The number of aryl methyl sites for hydroxylation is 2. The molecule has 2 aliphatic rings. The van der Waals surface area contributed by atoms with Crippen LogP contribution in [0.4, 0.5) is 0 Å². The summed E-state index contributed by atoms with van der Waals surface area (Å²) in [5.74, 6) is 0.819. The second kappa shape index (κ2) is 9.20. The molecule has 1 amide bonds. The molecular weight excluding hydrogens is 474 g/mol. The second-order valence-corrected chi connectivity index (χ2v) is 10.3. The molecule has 0 saturated carbocycles. The maximum atomic E-state index is 14.2. The standard InChI is InChI=1S/C30H29N7O/c1-35-26-15-16-36(30(38)27-21-11-5-7-13-24(21)32-25-14-8-6-12-22(25)27)18-23(26)28(34-35)29-33-31-19-37(29)17-20-9-3-2-4-10-20/h2-5,7,9-11,13,19H,6,8,12,14-18H2,1H3. The highest BCUT2D eigenvalue weighted by Gasteiger charge is 2.32. The van der Waals surface area contributed by atoms with Gasteiger partial charge in [0.15, 0.2) is 5.82 Å². The fraction of sp³-hybridized carbons (Fsp3) is 0.300. The third-order valence-electron chi connectivity index (χ3n) is 7.94. The molecule has 0 radical (unpaired) electrons. The molecule has 5 aromatic rings. The first-order valence-electron chi connectivity index (χ1n) is 13.3. The van der Waals surface area contributed by atoms with Gasteiger partial charge in [-0.1, -0.05) is 48.5 Å². The second-order valence-electron chi connectivity index (χ2n) is 10.3. The summed E-state index contributed by atoms with van der Waals surface area (Å²) in [6.07, 6.45) is 6.58. The molecule has 0 bridgehead atoms. The highest BCUT2D eigenvalue weighted by atomic mass is 16.2. The Bertz CT molecular complexity index is 1670. The first kappa shape index (κ1) is 22.8. The Balaban J connectivity index is 1.26. The molecule has 0 spiro atoms. The predicted octanol–water partition coefficient (Wildman–Crippen LogP) is 4.35. The van der Waals surface area contributed by atoms with Crippen LogP contribution in [-0.2, 0) is 39.4 Å². The Morgan fingerprint density at radius 1 is 0.947 bits per heavy atom. The summed E-state index contributed by atoms with van der Waals surface area (Å²) in [7, 11) is 1.98. The van der Waals surface area contributed by atoms with E-state index < -0.39 is 0 Å². The molecule has 7 rings (SSSR count). The van der Waals surface area contributed by atoms with Gasteiger partial charge in [0.25, 0.3) is 5.91 Å². The Morgan fingerprint density at radius 3 is 2.66 bits per heavy atom. The predicted molar refractivity (Wildman–Crippen MR) is 145 cm³/mol. The summed E-state index contributed by atoms with van der Waals surface area (Å²) in [6.45, 7) is 1.82. The minimum Gasteiger partial charge on any atom is -0.334 e. The van der Waals surface area contributed by atoms with Crippen molar-refractivity contribution in [2.75, 3.05) is 6.54 Å². The van der Waals surface area contributed by atoms with Gasteiger partial charge in [0, 0.05) is 42.4 Å². The van der Waals surface area contributed by atoms with Crippen molar-refractivity contribution in [1.29, 1.82) is 0 Å². The number of hydrogen-bond donors (Lipinski definition) is 0. The zero-order valence-corrected chi connectivity index (χ0v) is 21.5. The molecule has 190 valence electrons. The largest absolute Gasteiger partial charge is 0.334 e. The van der Waals surface area contributed by atoms with Crippen LogP contribution in [0, 0.1) is 0 Å². The van der Waals surface area contributed by atoms with E-state index in [0.29, 0.717) is 19.6 Å². The molecule has 1 aliphatic heterocycles. The van der Waals surface area contributed by atoms with E-state index >= 15 is 0 Å². The molecule has 3 aromatic heterocycles. The lowest BCUT2D eigenvalue weighted by atomic mass is 9.89. The maximum Gasteiger partial charge on any atom is 0.255 e. The molecule has 1 aliphatic carbocycles. The van der Waals surface area contributed by atoms with Gasteiger partial charge in [-0.25, -0.2) is 0 Å². The van der Waals surface area contributed by atoms with Crippen LogP contribution in [0.25, 0.3) is 22.4 Å². The topological polar surface area (TPSA) is 81.7 Å². The van der Waals surface area contributed by atoms with E-state index in [1.807, 2.05) is 63.7 Å². The van der Waals surface area contributed by atoms with Crippen molar-refractivity contribution in [3.8, 4) is 11.5 Å². The Kier molecular flexibility index (Phi) is 5.53. The van der Waals surface area contributed by atoms with E-state index in [2.05, 4.69) is 22.3 Å². The smallest absolute Gasteiger partial charge is 0.255 e. The molecule has 0 unspecified atom stereocenters.